The summed E-state index contributed by atoms with van der Waals surface area (Å²) in [4.78, 5) is 11.8. The number of aliphatic hydroxyl groups is 1. The highest BCUT2D eigenvalue weighted by Gasteiger charge is 2.10. The normalized spacial score (nSPS) is 12.2. The molecule has 0 heterocycles. The van der Waals surface area contributed by atoms with Crippen LogP contribution in [-0.4, -0.2) is 30.4 Å². The first-order chi connectivity index (χ1) is 10.0. The maximum atomic E-state index is 11.8. The van der Waals surface area contributed by atoms with Gasteiger partial charge in [-0.05, 0) is 25.3 Å². The summed E-state index contributed by atoms with van der Waals surface area (Å²) < 4.78 is 5.38. The van der Waals surface area contributed by atoms with Crippen molar-refractivity contribution in [1.82, 2.24) is 5.32 Å². The van der Waals surface area contributed by atoms with Crippen molar-refractivity contribution in [3.63, 3.8) is 0 Å². The van der Waals surface area contributed by atoms with Crippen molar-refractivity contribution in [1.29, 1.82) is 0 Å². The largest absolute Gasteiger partial charge is 0.393 e. The van der Waals surface area contributed by atoms with E-state index in [0.29, 0.717) is 26.2 Å². The number of carbonyl (C=O) groups is 1. The minimum Gasteiger partial charge on any atom is -0.393 e. The molecule has 5 nitrogen and oxygen atoms in total. The zero-order chi connectivity index (χ0) is 15.7. The van der Waals surface area contributed by atoms with Gasteiger partial charge in [0.1, 0.15) is 0 Å². The first-order valence-corrected chi connectivity index (χ1v) is 7.43. The van der Waals surface area contributed by atoms with Gasteiger partial charge in [-0.3, -0.25) is 0 Å². The van der Waals surface area contributed by atoms with E-state index >= 15 is 0 Å². The Labute approximate surface area is 126 Å². The average Bonchev–Trinajstić information content (AvgIpc) is 2.46. The van der Waals surface area contributed by atoms with Crippen LogP contribution in [0.25, 0.3) is 0 Å². The molecule has 0 spiro atoms. The SMILES string of the molecule is CCOCc1ccccc1NC(=O)NCCC(O)C(C)C. The van der Waals surface area contributed by atoms with E-state index in [1.54, 1.807) is 0 Å². The Morgan fingerprint density at radius 1 is 1.33 bits per heavy atom. The molecule has 0 radical (unpaired) electrons. The van der Waals surface area contributed by atoms with E-state index in [-0.39, 0.29) is 11.9 Å². The molecule has 0 aliphatic carbocycles. The summed E-state index contributed by atoms with van der Waals surface area (Å²) in [7, 11) is 0. The minimum absolute atomic E-state index is 0.196. The van der Waals surface area contributed by atoms with Crippen LogP contribution in [0.2, 0.25) is 0 Å². The van der Waals surface area contributed by atoms with Crippen molar-refractivity contribution in [2.45, 2.75) is 39.9 Å². The van der Waals surface area contributed by atoms with Gasteiger partial charge in [0.05, 0.1) is 12.7 Å². The highest BCUT2D eigenvalue weighted by Crippen LogP contribution is 2.15. The third-order valence-corrected chi connectivity index (χ3v) is 3.22. The Morgan fingerprint density at radius 2 is 2.05 bits per heavy atom. The van der Waals surface area contributed by atoms with Crippen LogP contribution in [-0.2, 0) is 11.3 Å². The van der Waals surface area contributed by atoms with Crippen LogP contribution < -0.4 is 10.6 Å². The molecule has 21 heavy (non-hydrogen) atoms. The standard InChI is InChI=1S/C16H26N2O3/c1-4-21-11-13-7-5-6-8-14(13)18-16(20)17-10-9-15(19)12(2)3/h5-8,12,15,19H,4,9-11H2,1-3H3,(H2,17,18,20). The van der Waals surface area contributed by atoms with Crippen LogP contribution in [0.4, 0.5) is 10.5 Å². The minimum atomic E-state index is -0.393. The molecule has 3 N–H and O–H groups in total. The number of rotatable bonds is 8. The van der Waals surface area contributed by atoms with Gasteiger partial charge in [-0.2, -0.15) is 0 Å². The summed E-state index contributed by atoms with van der Waals surface area (Å²) in [5, 5.41) is 15.2. The summed E-state index contributed by atoms with van der Waals surface area (Å²) in [5.74, 6) is 0.196. The summed E-state index contributed by atoms with van der Waals surface area (Å²) in [6, 6.07) is 7.28. The van der Waals surface area contributed by atoms with E-state index < -0.39 is 6.10 Å². The fraction of sp³-hybridized carbons (Fsp3) is 0.562. The number of anilines is 1. The Morgan fingerprint density at radius 3 is 2.71 bits per heavy atom. The highest BCUT2D eigenvalue weighted by molar-refractivity contribution is 5.90. The van der Waals surface area contributed by atoms with Gasteiger partial charge in [-0.25, -0.2) is 4.79 Å². The fourth-order valence-corrected chi connectivity index (χ4v) is 1.81. The van der Waals surface area contributed by atoms with Crippen molar-refractivity contribution in [2.75, 3.05) is 18.5 Å². The van der Waals surface area contributed by atoms with Crippen molar-refractivity contribution >= 4 is 11.7 Å². The summed E-state index contributed by atoms with van der Waals surface area (Å²) in [6.45, 7) is 7.39. The first-order valence-electron chi connectivity index (χ1n) is 7.43. The second-order valence-corrected chi connectivity index (χ2v) is 5.28. The number of hydrogen-bond donors (Lipinski definition) is 3. The van der Waals surface area contributed by atoms with E-state index in [9.17, 15) is 9.90 Å². The van der Waals surface area contributed by atoms with Gasteiger partial charge in [-0.15, -0.1) is 0 Å². The van der Waals surface area contributed by atoms with Gasteiger partial charge < -0.3 is 20.5 Å². The molecule has 5 heteroatoms. The number of ether oxygens (including phenoxy) is 1. The molecule has 0 saturated heterocycles. The second kappa shape index (κ2) is 9.37. The molecule has 1 atom stereocenters. The number of benzene rings is 1. The highest BCUT2D eigenvalue weighted by atomic mass is 16.5. The van der Waals surface area contributed by atoms with E-state index in [4.69, 9.17) is 4.74 Å². The molecule has 1 aromatic carbocycles. The predicted molar refractivity (Wildman–Crippen MR) is 84.3 cm³/mol. The first kappa shape index (κ1) is 17.5. The molecular weight excluding hydrogens is 268 g/mol. The molecule has 118 valence electrons. The molecule has 0 fully saturated rings. The number of urea groups is 1. The molecule has 0 bridgehead atoms. The van der Waals surface area contributed by atoms with Gasteiger partial charge in [0.25, 0.3) is 0 Å². The predicted octanol–water partition coefficient (Wildman–Crippen LogP) is 2.75. The Hall–Kier alpha value is -1.59. The van der Waals surface area contributed by atoms with Crippen molar-refractivity contribution in [3.8, 4) is 0 Å². The molecule has 0 saturated carbocycles. The van der Waals surface area contributed by atoms with E-state index in [2.05, 4.69) is 10.6 Å². The van der Waals surface area contributed by atoms with Crippen molar-refractivity contribution in [2.24, 2.45) is 5.92 Å². The Kier molecular flexibility index (Phi) is 7.79. The zero-order valence-corrected chi connectivity index (χ0v) is 13.1. The molecule has 0 aliphatic heterocycles. The zero-order valence-electron chi connectivity index (χ0n) is 13.1. The summed E-state index contributed by atoms with van der Waals surface area (Å²) in [6.07, 6.45) is 0.154. The van der Waals surface area contributed by atoms with Gasteiger partial charge >= 0.3 is 6.03 Å². The number of carbonyl (C=O) groups excluding carboxylic acids is 1. The third-order valence-electron chi connectivity index (χ3n) is 3.22. The lowest BCUT2D eigenvalue weighted by Gasteiger charge is -2.15. The Balaban J connectivity index is 2.44. The lowest BCUT2D eigenvalue weighted by Crippen LogP contribution is -2.32. The van der Waals surface area contributed by atoms with E-state index in [1.807, 2.05) is 45.0 Å². The van der Waals surface area contributed by atoms with Crippen LogP contribution in [0.5, 0.6) is 0 Å². The lowest BCUT2D eigenvalue weighted by atomic mass is 10.0. The number of hydrogen-bond acceptors (Lipinski definition) is 3. The van der Waals surface area contributed by atoms with Crippen LogP contribution in [0.3, 0.4) is 0 Å². The molecule has 1 aromatic rings. The number of nitrogens with one attached hydrogen (secondary N) is 2. The molecule has 1 unspecified atom stereocenters. The molecule has 0 aromatic heterocycles. The van der Waals surface area contributed by atoms with Gasteiger partial charge in [-0.1, -0.05) is 32.0 Å². The maximum absolute atomic E-state index is 11.8. The number of aliphatic hydroxyl groups excluding tert-OH is 1. The molecular formula is C16H26N2O3. The maximum Gasteiger partial charge on any atom is 0.319 e. The van der Waals surface area contributed by atoms with Gasteiger partial charge in [0.2, 0.25) is 0 Å². The van der Waals surface area contributed by atoms with Crippen LogP contribution >= 0.6 is 0 Å². The molecule has 0 aliphatic rings. The summed E-state index contributed by atoms with van der Waals surface area (Å²) >= 11 is 0. The van der Waals surface area contributed by atoms with Crippen LogP contribution in [0.1, 0.15) is 32.8 Å². The second-order valence-electron chi connectivity index (χ2n) is 5.28. The number of amides is 2. The van der Waals surface area contributed by atoms with Crippen molar-refractivity contribution < 1.29 is 14.6 Å². The lowest BCUT2D eigenvalue weighted by molar-refractivity contribution is 0.117. The van der Waals surface area contributed by atoms with Crippen LogP contribution in [0, 0.1) is 5.92 Å². The summed E-state index contributed by atoms with van der Waals surface area (Å²) in [5.41, 5.74) is 1.68. The monoisotopic (exact) mass is 294 g/mol. The van der Waals surface area contributed by atoms with Crippen molar-refractivity contribution in [3.05, 3.63) is 29.8 Å². The Bertz CT molecular complexity index is 435. The average molecular weight is 294 g/mol. The number of para-hydroxylation sites is 1. The van der Waals surface area contributed by atoms with Crippen LogP contribution in [0.15, 0.2) is 24.3 Å². The van der Waals surface area contributed by atoms with Gasteiger partial charge in [0, 0.05) is 24.4 Å². The van der Waals surface area contributed by atoms with Gasteiger partial charge in [0.15, 0.2) is 0 Å². The smallest absolute Gasteiger partial charge is 0.319 e. The topological polar surface area (TPSA) is 70.6 Å². The molecule has 2 amide bonds. The molecule has 1 rings (SSSR count). The van der Waals surface area contributed by atoms with E-state index in [1.165, 1.54) is 0 Å². The fourth-order valence-electron chi connectivity index (χ4n) is 1.81. The quantitative estimate of drug-likeness (QED) is 0.690. The third kappa shape index (κ3) is 6.60. The van der Waals surface area contributed by atoms with E-state index in [0.717, 1.165) is 11.3 Å².